The molecular formula is C12H19N3O3S. The van der Waals surface area contributed by atoms with Crippen molar-refractivity contribution in [3.63, 3.8) is 0 Å². The lowest BCUT2D eigenvalue weighted by Crippen LogP contribution is -2.36. The largest absolute Gasteiger partial charge is 0.348 e. The van der Waals surface area contributed by atoms with Gasteiger partial charge < -0.3 is 10.6 Å². The number of nitrogens with two attached hydrogens (primary N) is 1. The minimum absolute atomic E-state index is 0.133. The molecule has 0 fully saturated rings. The first-order chi connectivity index (χ1) is 8.77. The van der Waals surface area contributed by atoms with E-state index in [-0.39, 0.29) is 17.3 Å². The van der Waals surface area contributed by atoms with Crippen LogP contribution in [-0.4, -0.2) is 39.9 Å². The quantitative estimate of drug-likeness (QED) is 0.785. The van der Waals surface area contributed by atoms with E-state index in [0.29, 0.717) is 6.54 Å². The molecule has 0 saturated heterocycles. The summed E-state index contributed by atoms with van der Waals surface area (Å²) in [6.07, 6.45) is 0. The Morgan fingerprint density at radius 2 is 2.00 bits per heavy atom. The summed E-state index contributed by atoms with van der Waals surface area (Å²) in [5.41, 5.74) is 7.23. The van der Waals surface area contributed by atoms with Gasteiger partial charge in [0.05, 0.1) is 11.4 Å². The van der Waals surface area contributed by atoms with E-state index in [0.717, 1.165) is 11.1 Å². The molecular weight excluding hydrogens is 266 g/mol. The van der Waals surface area contributed by atoms with Crippen LogP contribution in [0.5, 0.6) is 0 Å². The predicted octanol–water partition coefficient (Wildman–Crippen LogP) is -0.180. The van der Waals surface area contributed by atoms with Gasteiger partial charge in [-0.3, -0.25) is 4.79 Å². The second-order valence-corrected chi connectivity index (χ2v) is 6.17. The SMILES string of the molecule is Cc1cc(S(=O)(=O)NCC(=O)N(C)C)ccc1CN. The maximum absolute atomic E-state index is 12.0. The monoisotopic (exact) mass is 285 g/mol. The van der Waals surface area contributed by atoms with Gasteiger partial charge in [0.15, 0.2) is 0 Å². The Hall–Kier alpha value is -1.44. The average molecular weight is 285 g/mol. The Morgan fingerprint density at radius 3 is 2.47 bits per heavy atom. The van der Waals surface area contributed by atoms with Gasteiger partial charge in [0.2, 0.25) is 15.9 Å². The first-order valence-corrected chi connectivity index (χ1v) is 7.25. The van der Waals surface area contributed by atoms with Crippen LogP contribution in [0.2, 0.25) is 0 Å². The summed E-state index contributed by atoms with van der Waals surface area (Å²) >= 11 is 0. The Bertz CT molecular complexity index is 568. The highest BCUT2D eigenvalue weighted by atomic mass is 32.2. The van der Waals surface area contributed by atoms with E-state index in [1.807, 2.05) is 0 Å². The van der Waals surface area contributed by atoms with Crippen LogP contribution in [0.1, 0.15) is 11.1 Å². The molecule has 1 aromatic carbocycles. The van der Waals surface area contributed by atoms with Crippen LogP contribution in [0, 0.1) is 6.92 Å². The number of hydrogen-bond donors (Lipinski definition) is 2. The molecule has 0 radical (unpaired) electrons. The average Bonchev–Trinajstić information content (AvgIpc) is 2.35. The zero-order chi connectivity index (χ0) is 14.6. The number of benzene rings is 1. The molecule has 0 heterocycles. The molecule has 1 amide bonds. The lowest BCUT2D eigenvalue weighted by molar-refractivity contribution is -0.127. The molecule has 106 valence electrons. The number of sulfonamides is 1. The summed E-state index contributed by atoms with van der Waals surface area (Å²) in [6, 6.07) is 4.71. The normalized spacial score (nSPS) is 11.4. The topological polar surface area (TPSA) is 92.5 Å². The van der Waals surface area contributed by atoms with Gasteiger partial charge in [0, 0.05) is 20.6 Å². The molecule has 0 aliphatic carbocycles. The summed E-state index contributed by atoms with van der Waals surface area (Å²) in [5.74, 6) is -0.307. The van der Waals surface area contributed by atoms with Crippen LogP contribution in [0.25, 0.3) is 0 Å². The Balaban J connectivity index is 2.89. The molecule has 1 rings (SSSR count). The van der Waals surface area contributed by atoms with Gasteiger partial charge in [-0.05, 0) is 30.2 Å². The number of carbonyl (C=O) groups is 1. The van der Waals surface area contributed by atoms with Crippen LogP contribution in [0.15, 0.2) is 23.1 Å². The van der Waals surface area contributed by atoms with Crippen LogP contribution in [0.4, 0.5) is 0 Å². The Morgan fingerprint density at radius 1 is 1.37 bits per heavy atom. The third-order valence-corrected chi connectivity index (χ3v) is 4.16. The van der Waals surface area contributed by atoms with Crippen molar-refractivity contribution in [2.75, 3.05) is 20.6 Å². The number of aryl methyl sites for hydroxylation is 1. The van der Waals surface area contributed by atoms with Crippen molar-refractivity contribution in [2.24, 2.45) is 5.73 Å². The van der Waals surface area contributed by atoms with E-state index in [2.05, 4.69) is 4.72 Å². The molecule has 0 aliphatic rings. The van der Waals surface area contributed by atoms with Gasteiger partial charge in [-0.25, -0.2) is 13.1 Å². The highest BCUT2D eigenvalue weighted by Crippen LogP contribution is 2.14. The van der Waals surface area contributed by atoms with Crippen LogP contribution < -0.4 is 10.5 Å². The third kappa shape index (κ3) is 4.02. The van der Waals surface area contributed by atoms with E-state index in [9.17, 15) is 13.2 Å². The van der Waals surface area contributed by atoms with Gasteiger partial charge in [-0.15, -0.1) is 0 Å². The van der Waals surface area contributed by atoms with Gasteiger partial charge in [-0.1, -0.05) is 6.07 Å². The number of nitrogens with zero attached hydrogens (tertiary/aromatic N) is 1. The van der Waals surface area contributed by atoms with Crippen molar-refractivity contribution in [3.05, 3.63) is 29.3 Å². The standard InChI is InChI=1S/C12H19N3O3S/c1-9-6-11(5-4-10(9)7-13)19(17,18)14-8-12(16)15(2)3/h4-6,14H,7-8,13H2,1-3H3. The molecule has 6 nitrogen and oxygen atoms in total. The number of likely N-dealkylation sites (N-methyl/N-ethyl adjacent to an activating group) is 1. The second kappa shape index (κ2) is 6.14. The summed E-state index contributed by atoms with van der Waals surface area (Å²) < 4.78 is 26.3. The van der Waals surface area contributed by atoms with Gasteiger partial charge >= 0.3 is 0 Å². The smallest absolute Gasteiger partial charge is 0.241 e. The number of nitrogens with one attached hydrogen (secondary N) is 1. The number of rotatable bonds is 5. The first-order valence-electron chi connectivity index (χ1n) is 5.77. The first kappa shape index (κ1) is 15.6. The fourth-order valence-corrected chi connectivity index (χ4v) is 2.52. The van der Waals surface area contributed by atoms with E-state index in [4.69, 9.17) is 5.73 Å². The second-order valence-electron chi connectivity index (χ2n) is 4.41. The number of amides is 1. The number of carbonyl (C=O) groups excluding carboxylic acids is 1. The molecule has 0 spiro atoms. The maximum atomic E-state index is 12.0. The number of hydrogen-bond acceptors (Lipinski definition) is 4. The van der Waals surface area contributed by atoms with Crippen molar-refractivity contribution in [2.45, 2.75) is 18.4 Å². The summed E-state index contributed by atoms with van der Waals surface area (Å²) in [5, 5.41) is 0. The fraction of sp³-hybridized carbons (Fsp3) is 0.417. The van der Waals surface area contributed by atoms with Crippen molar-refractivity contribution in [1.29, 1.82) is 0 Å². The molecule has 3 N–H and O–H groups in total. The molecule has 7 heteroatoms. The highest BCUT2D eigenvalue weighted by molar-refractivity contribution is 7.89. The Kier molecular flexibility index (Phi) is 5.04. The third-order valence-electron chi connectivity index (χ3n) is 2.76. The van der Waals surface area contributed by atoms with E-state index < -0.39 is 10.0 Å². The molecule has 0 saturated carbocycles. The Labute approximate surface area is 113 Å². The van der Waals surface area contributed by atoms with Crippen LogP contribution in [0.3, 0.4) is 0 Å². The van der Waals surface area contributed by atoms with Gasteiger partial charge in [0.1, 0.15) is 0 Å². The zero-order valence-corrected chi connectivity index (χ0v) is 12.1. The highest BCUT2D eigenvalue weighted by Gasteiger charge is 2.16. The van der Waals surface area contributed by atoms with Crippen LogP contribution >= 0.6 is 0 Å². The summed E-state index contributed by atoms with van der Waals surface area (Å²) in [7, 11) is -0.542. The zero-order valence-electron chi connectivity index (χ0n) is 11.3. The molecule has 0 atom stereocenters. The summed E-state index contributed by atoms with van der Waals surface area (Å²) in [6.45, 7) is 1.90. The molecule has 0 bridgehead atoms. The molecule has 1 aromatic rings. The van der Waals surface area contributed by atoms with Crippen molar-refractivity contribution < 1.29 is 13.2 Å². The molecule has 0 aliphatic heterocycles. The summed E-state index contributed by atoms with van der Waals surface area (Å²) in [4.78, 5) is 12.8. The minimum Gasteiger partial charge on any atom is -0.348 e. The minimum atomic E-state index is -3.67. The van der Waals surface area contributed by atoms with Crippen molar-refractivity contribution in [1.82, 2.24) is 9.62 Å². The molecule has 0 aromatic heterocycles. The van der Waals surface area contributed by atoms with Crippen molar-refractivity contribution in [3.8, 4) is 0 Å². The van der Waals surface area contributed by atoms with Gasteiger partial charge in [0.25, 0.3) is 0 Å². The van der Waals surface area contributed by atoms with Gasteiger partial charge in [-0.2, -0.15) is 0 Å². The molecule has 19 heavy (non-hydrogen) atoms. The maximum Gasteiger partial charge on any atom is 0.241 e. The van der Waals surface area contributed by atoms with Crippen molar-refractivity contribution >= 4 is 15.9 Å². The van der Waals surface area contributed by atoms with E-state index in [1.165, 1.54) is 11.0 Å². The predicted molar refractivity (Wildman–Crippen MR) is 73.0 cm³/mol. The molecule has 0 unspecified atom stereocenters. The van der Waals surface area contributed by atoms with E-state index in [1.54, 1.807) is 33.2 Å². The van der Waals surface area contributed by atoms with E-state index >= 15 is 0 Å². The lowest BCUT2D eigenvalue weighted by atomic mass is 10.1. The lowest BCUT2D eigenvalue weighted by Gasteiger charge is -2.12. The fourth-order valence-electron chi connectivity index (χ4n) is 1.46. The van der Waals surface area contributed by atoms with Crippen LogP contribution in [-0.2, 0) is 21.4 Å².